The number of carbonyl (C=O) groups is 3. The van der Waals surface area contributed by atoms with Gasteiger partial charge >= 0.3 is 17.8 Å². The van der Waals surface area contributed by atoms with Crippen molar-refractivity contribution in [2.24, 2.45) is 24.8 Å². The van der Waals surface area contributed by atoms with Gasteiger partial charge < -0.3 is 20.2 Å². The lowest BCUT2D eigenvalue weighted by molar-refractivity contribution is -0.192. The Hall–Kier alpha value is -3.39. The number of amides is 2. The van der Waals surface area contributed by atoms with Gasteiger partial charge in [-0.15, -0.1) is 0 Å². The third kappa shape index (κ3) is 8.11. The van der Waals surface area contributed by atoms with E-state index in [0.29, 0.717) is 6.42 Å². The van der Waals surface area contributed by atoms with Crippen LogP contribution in [0.15, 0.2) is 23.0 Å². The molecule has 14 heteroatoms. The number of hydrogen-bond acceptors (Lipinski definition) is 7. The minimum atomic E-state index is -5.08. The van der Waals surface area contributed by atoms with Crippen molar-refractivity contribution in [3.8, 4) is 0 Å². The highest BCUT2D eigenvalue weighted by molar-refractivity contribution is 6.00. The van der Waals surface area contributed by atoms with Crippen LogP contribution >= 0.6 is 0 Å². The van der Waals surface area contributed by atoms with Crippen molar-refractivity contribution in [2.45, 2.75) is 70.0 Å². The average Bonchev–Trinajstić information content (AvgIpc) is 3.27. The first kappa shape index (κ1) is 34.0. The molecule has 0 bridgehead atoms. The lowest BCUT2D eigenvalue weighted by Gasteiger charge is -2.39. The molecule has 1 aromatic heterocycles. The predicted octanol–water partition coefficient (Wildman–Crippen LogP) is 3.27. The first-order valence-electron chi connectivity index (χ1n) is 16.4. The van der Waals surface area contributed by atoms with Crippen LogP contribution in [-0.2, 0) is 21.4 Å². The molecule has 4 fully saturated rings. The Morgan fingerprint density at radius 1 is 0.891 bits per heavy atom. The monoisotopic (exact) mass is 650 g/mol. The second kappa shape index (κ2) is 14.6. The summed E-state index contributed by atoms with van der Waals surface area (Å²) in [5, 5.41) is 13.0. The fourth-order valence-electron chi connectivity index (χ4n) is 7.51. The molecule has 1 unspecified atom stereocenters. The summed E-state index contributed by atoms with van der Waals surface area (Å²) in [5.74, 6) is -0.784. The van der Waals surface area contributed by atoms with Crippen LogP contribution in [-0.4, -0.2) is 88.9 Å². The van der Waals surface area contributed by atoms with E-state index in [-0.39, 0.29) is 18.0 Å². The number of alkyl halides is 3. The number of rotatable bonds is 6. The van der Waals surface area contributed by atoms with E-state index in [1.807, 2.05) is 6.07 Å². The van der Waals surface area contributed by atoms with Gasteiger partial charge in [0.2, 0.25) is 11.8 Å². The summed E-state index contributed by atoms with van der Waals surface area (Å²) >= 11 is 0. The number of imide groups is 1. The average molecular weight is 651 g/mol. The second-order valence-corrected chi connectivity index (χ2v) is 13.3. The topological polar surface area (TPSA) is 129 Å². The Morgan fingerprint density at radius 3 is 2.11 bits per heavy atom. The zero-order valence-electron chi connectivity index (χ0n) is 26.4. The quantitative estimate of drug-likeness (QED) is 0.407. The fraction of sp³-hybridized carbons (Fsp3) is 0.688. The number of nitrogens with one attached hydrogen (secondary N) is 2. The number of hydrogen-bond donors (Lipinski definition) is 3. The van der Waals surface area contributed by atoms with Crippen LogP contribution in [0.3, 0.4) is 0 Å². The van der Waals surface area contributed by atoms with Gasteiger partial charge in [-0.3, -0.25) is 24.0 Å². The van der Waals surface area contributed by atoms with Gasteiger partial charge in [0.1, 0.15) is 6.04 Å². The predicted molar refractivity (Wildman–Crippen MR) is 167 cm³/mol. The Bertz CT molecular complexity index is 1450. The zero-order chi connectivity index (χ0) is 33.0. The fourth-order valence-corrected chi connectivity index (χ4v) is 7.51. The van der Waals surface area contributed by atoms with Crippen LogP contribution in [0.1, 0.15) is 63.8 Å². The Kier molecular flexibility index (Phi) is 10.8. The lowest BCUT2D eigenvalue weighted by Crippen LogP contribution is -2.44. The van der Waals surface area contributed by atoms with E-state index >= 15 is 0 Å². The van der Waals surface area contributed by atoms with Gasteiger partial charge in [0.15, 0.2) is 0 Å². The summed E-state index contributed by atoms with van der Waals surface area (Å²) in [6, 6.07) is 5.50. The number of aromatic nitrogens is 2. The van der Waals surface area contributed by atoms with Crippen molar-refractivity contribution in [1.29, 1.82) is 0 Å². The number of likely N-dealkylation sites (tertiary alicyclic amines) is 1. The molecular weight excluding hydrogens is 605 g/mol. The van der Waals surface area contributed by atoms with Crippen LogP contribution in [0, 0.1) is 17.8 Å². The van der Waals surface area contributed by atoms with Crippen molar-refractivity contribution in [1.82, 2.24) is 24.7 Å². The molecule has 2 aromatic rings. The molecule has 0 spiro atoms. The van der Waals surface area contributed by atoms with Crippen molar-refractivity contribution < 1.29 is 32.7 Å². The Labute approximate surface area is 266 Å². The minimum Gasteiger partial charge on any atom is -0.475 e. The normalized spacial score (nSPS) is 22.9. The van der Waals surface area contributed by atoms with Gasteiger partial charge in [0.25, 0.3) is 0 Å². The largest absolute Gasteiger partial charge is 0.490 e. The van der Waals surface area contributed by atoms with E-state index in [0.717, 1.165) is 47.6 Å². The highest BCUT2D eigenvalue weighted by atomic mass is 19.4. The highest BCUT2D eigenvalue weighted by Crippen LogP contribution is 2.31. The summed E-state index contributed by atoms with van der Waals surface area (Å²) in [5.41, 5.74) is 2.50. The molecule has 46 heavy (non-hydrogen) atoms. The number of fused-ring (bicyclic) bond motifs is 1. The number of halogens is 3. The molecule has 5 heterocycles. The molecule has 2 amide bonds. The van der Waals surface area contributed by atoms with Crippen LogP contribution in [0.2, 0.25) is 0 Å². The number of anilines is 1. The molecular formula is C32H45F3N6O5. The van der Waals surface area contributed by atoms with Gasteiger partial charge in [-0.05, 0) is 113 Å². The minimum absolute atomic E-state index is 0.213. The van der Waals surface area contributed by atoms with Gasteiger partial charge in [-0.2, -0.15) is 13.2 Å². The number of nitrogens with zero attached hydrogens (tertiary/aromatic N) is 4. The van der Waals surface area contributed by atoms with Crippen molar-refractivity contribution in [3.63, 3.8) is 0 Å². The molecule has 0 saturated carbocycles. The van der Waals surface area contributed by atoms with E-state index in [1.54, 1.807) is 16.2 Å². The first-order chi connectivity index (χ1) is 21.9. The van der Waals surface area contributed by atoms with Gasteiger partial charge in [0.05, 0.1) is 11.0 Å². The van der Waals surface area contributed by atoms with E-state index in [2.05, 4.69) is 32.6 Å². The molecule has 3 N–H and O–H groups in total. The van der Waals surface area contributed by atoms with Crippen molar-refractivity contribution >= 4 is 34.5 Å². The summed E-state index contributed by atoms with van der Waals surface area (Å²) in [6.07, 6.45) is 4.85. The Morgan fingerprint density at radius 2 is 1.50 bits per heavy atom. The van der Waals surface area contributed by atoms with Crippen molar-refractivity contribution in [3.05, 3.63) is 28.7 Å². The highest BCUT2D eigenvalue weighted by Gasteiger charge is 2.38. The summed E-state index contributed by atoms with van der Waals surface area (Å²) in [7, 11) is 1.76. The number of carbonyl (C=O) groups excluding carboxylic acids is 2. The maximum Gasteiger partial charge on any atom is 0.490 e. The molecule has 0 aliphatic carbocycles. The van der Waals surface area contributed by atoms with E-state index < -0.39 is 24.1 Å². The summed E-state index contributed by atoms with van der Waals surface area (Å²) < 4.78 is 34.9. The first-order valence-corrected chi connectivity index (χ1v) is 16.4. The van der Waals surface area contributed by atoms with E-state index in [1.165, 1.54) is 77.7 Å². The van der Waals surface area contributed by atoms with Gasteiger partial charge in [-0.1, -0.05) is 0 Å². The Balaban J connectivity index is 0.000000537. The lowest BCUT2D eigenvalue weighted by atomic mass is 9.83. The zero-order valence-corrected chi connectivity index (χ0v) is 26.4. The number of aliphatic carboxylic acids is 1. The third-order valence-electron chi connectivity index (χ3n) is 10.2. The van der Waals surface area contributed by atoms with Gasteiger partial charge in [-0.25, -0.2) is 9.59 Å². The summed E-state index contributed by atoms with van der Waals surface area (Å²) in [6.45, 7) is 8.26. The molecule has 254 valence electrons. The number of aryl methyl sites for hydroxylation is 1. The summed E-state index contributed by atoms with van der Waals surface area (Å²) in [4.78, 5) is 51.2. The van der Waals surface area contributed by atoms with Crippen molar-refractivity contribution in [2.75, 3.05) is 50.7 Å². The molecule has 11 nitrogen and oxygen atoms in total. The SMILES string of the molecule is Cn1c(=O)n(C2CCC(=O)NC2=O)c2ccc(N3CCC(CN4CCC(CC5CCNCC5)CC4)CC3)cc21.O=C(O)C(F)(F)F. The van der Waals surface area contributed by atoms with Gasteiger partial charge in [0, 0.05) is 38.8 Å². The number of piperidine rings is 4. The molecule has 4 aliphatic heterocycles. The second-order valence-electron chi connectivity index (χ2n) is 13.3. The molecule has 1 atom stereocenters. The van der Waals surface area contributed by atoms with Crippen LogP contribution < -0.4 is 21.2 Å². The molecule has 4 aliphatic rings. The maximum absolute atomic E-state index is 13.1. The number of imidazole rings is 1. The van der Waals surface area contributed by atoms with E-state index in [9.17, 15) is 27.6 Å². The number of carboxylic acid groups (broad SMARTS) is 1. The van der Waals surface area contributed by atoms with Crippen LogP contribution in [0.4, 0.5) is 18.9 Å². The number of carboxylic acids is 1. The van der Waals surface area contributed by atoms with Crippen LogP contribution in [0.5, 0.6) is 0 Å². The van der Waals surface area contributed by atoms with E-state index in [4.69, 9.17) is 9.90 Å². The maximum atomic E-state index is 13.1. The molecule has 0 radical (unpaired) electrons. The standard InChI is InChI=1S/C30H44N6O3.C2HF3O2/c1-33-27-19-24(2-3-25(27)36(30(33)39)26-4-5-28(37)32-29(26)38)35-16-10-23(11-17-35)20-34-14-8-22(9-15-34)18-21-6-12-31-13-7-21;3-2(4,5)1(6)7/h2-3,19,21-23,26,31H,4-18,20H2,1H3,(H,32,37,38);(H,6,7). The third-order valence-corrected chi connectivity index (χ3v) is 10.2. The van der Waals surface area contributed by atoms with Crippen LogP contribution in [0.25, 0.3) is 11.0 Å². The smallest absolute Gasteiger partial charge is 0.475 e. The number of benzene rings is 1. The molecule has 4 saturated heterocycles. The molecule has 1 aromatic carbocycles. The molecule has 6 rings (SSSR count).